The Morgan fingerprint density at radius 2 is 2.05 bits per heavy atom. The molecule has 0 bridgehead atoms. The van der Waals surface area contributed by atoms with E-state index in [2.05, 4.69) is 5.32 Å². The minimum atomic E-state index is -0.178. The van der Waals surface area contributed by atoms with Gasteiger partial charge in [0, 0.05) is 30.9 Å². The summed E-state index contributed by atoms with van der Waals surface area (Å²) in [6.45, 7) is 2.76. The van der Waals surface area contributed by atoms with Gasteiger partial charge in [-0.05, 0) is 25.0 Å². The van der Waals surface area contributed by atoms with Gasteiger partial charge in [0.05, 0.1) is 6.61 Å². The standard InChI is InChI=1S/C17H22N2O3/c1-3-7-16(20)22-11-6-10-18-17(21)15-12-13-8-4-5-9-14(13)19(15)2/h4-5,8-9,12H,3,6-7,10-11H2,1-2H3,(H,18,21). The van der Waals surface area contributed by atoms with Crippen molar-refractivity contribution in [2.24, 2.45) is 7.05 Å². The van der Waals surface area contributed by atoms with Gasteiger partial charge in [0.1, 0.15) is 5.69 Å². The number of ether oxygens (including phenoxy) is 1. The molecule has 0 saturated heterocycles. The number of aryl methyl sites for hydroxylation is 1. The first-order valence-electron chi connectivity index (χ1n) is 7.61. The molecule has 0 saturated carbocycles. The van der Waals surface area contributed by atoms with Crippen LogP contribution in [0, 0.1) is 0 Å². The van der Waals surface area contributed by atoms with Crippen molar-refractivity contribution in [3.05, 3.63) is 36.0 Å². The average molecular weight is 302 g/mol. The van der Waals surface area contributed by atoms with Gasteiger partial charge in [-0.1, -0.05) is 25.1 Å². The summed E-state index contributed by atoms with van der Waals surface area (Å²) in [5, 5.41) is 3.90. The fourth-order valence-electron chi connectivity index (χ4n) is 2.33. The zero-order valence-corrected chi connectivity index (χ0v) is 13.1. The third-order valence-corrected chi connectivity index (χ3v) is 3.51. The molecule has 0 spiro atoms. The van der Waals surface area contributed by atoms with Crippen LogP contribution in [0.3, 0.4) is 0 Å². The summed E-state index contributed by atoms with van der Waals surface area (Å²) in [5.41, 5.74) is 1.66. The number of benzene rings is 1. The van der Waals surface area contributed by atoms with Crippen LogP contribution in [0.1, 0.15) is 36.7 Å². The van der Waals surface area contributed by atoms with Crippen LogP contribution in [-0.2, 0) is 16.6 Å². The minimum Gasteiger partial charge on any atom is -0.466 e. The third-order valence-electron chi connectivity index (χ3n) is 3.51. The minimum absolute atomic E-state index is 0.112. The lowest BCUT2D eigenvalue weighted by atomic mass is 10.2. The third kappa shape index (κ3) is 3.87. The van der Waals surface area contributed by atoms with Crippen molar-refractivity contribution in [3.8, 4) is 0 Å². The molecule has 0 aliphatic heterocycles. The lowest BCUT2D eigenvalue weighted by molar-refractivity contribution is -0.143. The SMILES string of the molecule is CCCC(=O)OCCCNC(=O)c1cc2ccccc2n1C. The predicted octanol–water partition coefficient (Wildman–Crippen LogP) is 2.64. The Morgan fingerprint density at radius 3 is 2.77 bits per heavy atom. The van der Waals surface area contributed by atoms with Gasteiger partial charge in [-0.2, -0.15) is 0 Å². The van der Waals surface area contributed by atoms with Crippen LogP contribution in [0.5, 0.6) is 0 Å². The molecule has 2 rings (SSSR count). The lowest BCUT2D eigenvalue weighted by Crippen LogP contribution is -2.27. The zero-order valence-electron chi connectivity index (χ0n) is 13.1. The lowest BCUT2D eigenvalue weighted by Gasteiger charge is -2.07. The molecule has 0 aliphatic rings. The number of fused-ring (bicyclic) bond motifs is 1. The predicted molar refractivity (Wildman–Crippen MR) is 85.7 cm³/mol. The number of nitrogens with zero attached hydrogens (tertiary/aromatic N) is 1. The molecule has 2 aromatic rings. The van der Waals surface area contributed by atoms with Gasteiger partial charge in [0.25, 0.3) is 5.91 Å². The summed E-state index contributed by atoms with van der Waals surface area (Å²) in [5.74, 6) is -0.291. The first kappa shape index (κ1) is 16.1. The quantitative estimate of drug-likeness (QED) is 0.632. The molecule has 0 fully saturated rings. The van der Waals surface area contributed by atoms with Crippen molar-refractivity contribution in [1.29, 1.82) is 0 Å². The highest BCUT2D eigenvalue weighted by molar-refractivity contribution is 5.98. The van der Waals surface area contributed by atoms with E-state index in [-0.39, 0.29) is 11.9 Å². The summed E-state index contributed by atoms with van der Waals surface area (Å²) in [7, 11) is 1.88. The number of aromatic nitrogens is 1. The van der Waals surface area contributed by atoms with E-state index in [1.165, 1.54) is 0 Å². The van der Waals surface area contributed by atoms with E-state index in [1.54, 1.807) is 0 Å². The van der Waals surface area contributed by atoms with E-state index in [0.29, 0.717) is 31.7 Å². The number of para-hydroxylation sites is 1. The smallest absolute Gasteiger partial charge is 0.305 e. The topological polar surface area (TPSA) is 60.3 Å². The molecule has 0 unspecified atom stereocenters. The van der Waals surface area contributed by atoms with Crippen LogP contribution < -0.4 is 5.32 Å². The highest BCUT2D eigenvalue weighted by Gasteiger charge is 2.12. The number of carbonyl (C=O) groups excluding carboxylic acids is 2. The molecular formula is C17H22N2O3. The van der Waals surface area contributed by atoms with Gasteiger partial charge in [-0.15, -0.1) is 0 Å². The van der Waals surface area contributed by atoms with Crippen LogP contribution in [0.25, 0.3) is 10.9 Å². The monoisotopic (exact) mass is 302 g/mol. The van der Waals surface area contributed by atoms with Gasteiger partial charge in [-0.25, -0.2) is 0 Å². The van der Waals surface area contributed by atoms with E-state index in [0.717, 1.165) is 17.3 Å². The van der Waals surface area contributed by atoms with E-state index < -0.39 is 0 Å². The fourth-order valence-corrected chi connectivity index (χ4v) is 2.33. The first-order valence-corrected chi connectivity index (χ1v) is 7.61. The Bertz CT molecular complexity index is 661. The largest absolute Gasteiger partial charge is 0.466 e. The Kier molecular flexibility index (Phi) is 5.58. The number of esters is 1. The Labute approximate surface area is 130 Å². The number of rotatable bonds is 7. The molecule has 1 aromatic heterocycles. The van der Waals surface area contributed by atoms with Gasteiger partial charge in [0.15, 0.2) is 0 Å². The number of amides is 1. The maximum Gasteiger partial charge on any atom is 0.305 e. The van der Waals surface area contributed by atoms with Gasteiger partial charge < -0.3 is 14.6 Å². The summed E-state index contributed by atoms with van der Waals surface area (Å²) in [4.78, 5) is 23.4. The van der Waals surface area contributed by atoms with Gasteiger partial charge in [0.2, 0.25) is 0 Å². The number of nitrogens with one attached hydrogen (secondary N) is 1. The molecule has 5 heteroatoms. The summed E-state index contributed by atoms with van der Waals surface area (Å²) in [6, 6.07) is 9.76. The highest BCUT2D eigenvalue weighted by Crippen LogP contribution is 2.17. The van der Waals surface area contributed by atoms with Gasteiger partial charge in [-0.3, -0.25) is 9.59 Å². The Hall–Kier alpha value is -2.30. The van der Waals surface area contributed by atoms with Crippen LogP contribution in [0.2, 0.25) is 0 Å². The molecule has 22 heavy (non-hydrogen) atoms. The average Bonchev–Trinajstić information content (AvgIpc) is 2.85. The second kappa shape index (κ2) is 7.64. The second-order valence-corrected chi connectivity index (χ2v) is 5.23. The second-order valence-electron chi connectivity index (χ2n) is 5.23. The molecule has 118 valence electrons. The summed E-state index contributed by atoms with van der Waals surface area (Å²) in [6.07, 6.45) is 1.85. The first-order chi connectivity index (χ1) is 10.6. The van der Waals surface area contributed by atoms with Crippen LogP contribution >= 0.6 is 0 Å². The van der Waals surface area contributed by atoms with E-state index >= 15 is 0 Å². The summed E-state index contributed by atoms with van der Waals surface area (Å²) >= 11 is 0. The normalized spacial score (nSPS) is 10.6. The van der Waals surface area contributed by atoms with Crippen molar-refractivity contribution in [1.82, 2.24) is 9.88 Å². The van der Waals surface area contributed by atoms with E-state index in [9.17, 15) is 9.59 Å². The van der Waals surface area contributed by atoms with Crippen molar-refractivity contribution in [2.45, 2.75) is 26.2 Å². The molecule has 1 aromatic carbocycles. The highest BCUT2D eigenvalue weighted by atomic mass is 16.5. The van der Waals surface area contributed by atoms with E-state index in [4.69, 9.17) is 4.74 Å². The zero-order chi connectivity index (χ0) is 15.9. The van der Waals surface area contributed by atoms with Crippen LogP contribution in [-0.4, -0.2) is 29.6 Å². The number of hydrogen-bond donors (Lipinski definition) is 1. The molecular weight excluding hydrogens is 280 g/mol. The number of hydrogen-bond acceptors (Lipinski definition) is 3. The molecule has 5 nitrogen and oxygen atoms in total. The maximum absolute atomic E-state index is 12.2. The van der Waals surface area contributed by atoms with Crippen molar-refractivity contribution in [3.63, 3.8) is 0 Å². The molecule has 0 atom stereocenters. The van der Waals surface area contributed by atoms with Crippen LogP contribution in [0.4, 0.5) is 0 Å². The molecule has 1 heterocycles. The Balaban J connectivity index is 1.82. The fraction of sp³-hybridized carbons (Fsp3) is 0.412. The van der Waals surface area contributed by atoms with Crippen molar-refractivity contribution < 1.29 is 14.3 Å². The maximum atomic E-state index is 12.2. The van der Waals surface area contributed by atoms with Crippen molar-refractivity contribution in [2.75, 3.05) is 13.2 Å². The van der Waals surface area contributed by atoms with Crippen LogP contribution in [0.15, 0.2) is 30.3 Å². The van der Waals surface area contributed by atoms with Crippen molar-refractivity contribution >= 4 is 22.8 Å². The molecule has 1 amide bonds. The number of carbonyl (C=O) groups is 2. The molecule has 0 aliphatic carbocycles. The molecule has 0 radical (unpaired) electrons. The summed E-state index contributed by atoms with van der Waals surface area (Å²) < 4.78 is 6.93. The Morgan fingerprint density at radius 1 is 1.27 bits per heavy atom. The van der Waals surface area contributed by atoms with Gasteiger partial charge >= 0.3 is 5.97 Å². The molecule has 1 N–H and O–H groups in total. The van der Waals surface area contributed by atoms with E-state index in [1.807, 2.05) is 48.9 Å².